The van der Waals surface area contributed by atoms with Gasteiger partial charge in [0.15, 0.2) is 0 Å². The van der Waals surface area contributed by atoms with Gasteiger partial charge in [0.25, 0.3) is 11.8 Å². The normalized spacial score (nSPS) is 14.7. The van der Waals surface area contributed by atoms with Crippen LogP contribution < -0.4 is 10.1 Å². The molecule has 1 aliphatic rings. The highest BCUT2D eigenvalue weighted by Crippen LogP contribution is 2.19. The maximum atomic E-state index is 12.7. The summed E-state index contributed by atoms with van der Waals surface area (Å²) in [7, 11) is 0. The number of carbonyl (C=O) groups excluding carboxylic acids is 2. The molecule has 1 N–H and O–H groups in total. The van der Waals surface area contributed by atoms with Crippen LogP contribution in [0.25, 0.3) is 0 Å². The number of aromatic nitrogens is 1. The number of nitrogens with one attached hydrogen (secondary N) is 1. The van der Waals surface area contributed by atoms with Crippen molar-refractivity contribution in [1.29, 1.82) is 0 Å². The summed E-state index contributed by atoms with van der Waals surface area (Å²) in [4.78, 5) is 31.1. The van der Waals surface area contributed by atoms with Crippen LogP contribution in [-0.4, -0.2) is 41.4 Å². The Hall–Kier alpha value is -2.89. The monoisotopic (exact) mass is 367 g/mol. The van der Waals surface area contributed by atoms with E-state index in [0.29, 0.717) is 23.8 Å². The molecule has 0 radical (unpaired) electrons. The third-order valence-corrected chi connectivity index (χ3v) is 4.73. The van der Waals surface area contributed by atoms with Crippen LogP contribution in [0.4, 0.5) is 5.69 Å². The lowest BCUT2D eigenvalue weighted by Crippen LogP contribution is -2.38. The van der Waals surface area contributed by atoms with Crippen LogP contribution >= 0.6 is 0 Å². The lowest BCUT2D eigenvalue weighted by molar-refractivity contribution is 0.0697. The number of nitrogens with zero attached hydrogens (tertiary/aromatic N) is 2. The highest BCUT2D eigenvalue weighted by atomic mass is 16.5. The largest absolute Gasteiger partial charge is 0.494 e. The second-order valence-corrected chi connectivity index (χ2v) is 6.82. The Balaban J connectivity index is 1.67. The predicted octanol–water partition coefficient (Wildman–Crippen LogP) is 3.60. The minimum atomic E-state index is -0.346. The number of piperidine rings is 1. The number of rotatable bonds is 5. The van der Waals surface area contributed by atoms with Crippen LogP contribution in [0.1, 0.15) is 47.5 Å². The second-order valence-electron chi connectivity index (χ2n) is 6.82. The van der Waals surface area contributed by atoms with Gasteiger partial charge >= 0.3 is 0 Å². The van der Waals surface area contributed by atoms with Crippen molar-refractivity contribution >= 4 is 17.5 Å². The molecular formula is C21H25N3O3. The summed E-state index contributed by atoms with van der Waals surface area (Å²) in [6.07, 6.45) is 3.54. The first-order valence-corrected chi connectivity index (χ1v) is 9.36. The van der Waals surface area contributed by atoms with Crippen molar-refractivity contribution in [1.82, 2.24) is 9.88 Å². The Bertz CT molecular complexity index is 797. The first-order valence-electron chi connectivity index (χ1n) is 9.36. The quantitative estimate of drug-likeness (QED) is 0.876. The molecule has 2 amide bonds. The molecule has 1 aromatic heterocycles. The van der Waals surface area contributed by atoms with Crippen LogP contribution in [0, 0.1) is 5.92 Å². The lowest BCUT2D eigenvalue weighted by atomic mass is 9.98. The van der Waals surface area contributed by atoms with E-state index < -0.39 is 0 Å². The molecule has 3 rings (SSSR count). The summed E-state index contributed by atoms with van der Waals surface area (Å²) in [5, 5.41) is 2.80. The first-order chi connectivity index (χ1) is 13.1. The molecule has 6 heteroatoms. The molecule has 6 nitrogen and oxygen atoms in total. The first kappa shape index (κ1) is 18.9. The molecule has 2 heterocycles. The lowest BCUT2D eigenvalue weighted by Gasteiger charge is -2.30. The van der Waals surface area contributed by atoms with Gasteiger partial charge in [-0.25, -0.2) is 0 Å². The number of pyridine rings is 1. The Labute approximate surface area is 159 Å². The van der Waals surface area contributed by atoms with Crippen molar-refractivity contribution in [2.24, 2.45) is 5.92 Å². The topological polar surface area (TPSA) is 71.5 Å². The van der Waals surface area contributed by atoms with Crippen molar-refractivity contribution in [3.8, 4) is 5.75 Å². The van der Waals surface area contributed by atoms with E-state index in [-0.39, 0.29) is 17.5 Å². The fourth-order valence-corrected chi connectivity index (χ4v) is 3.08. The SMILES string of the molecule is CCOc1ccc(NC(=O)c2cc(C(=O)N3CCC(C)CC3)ccn2)cc1. The van der Waals surface area contributed by atoms with E-state index >= 15 is 0 Å². The molecule has 27 heavy (non-hydrogen) atoms. The van der Waals surface area contributed by atoms with Gasteiger partial charge in [-0.15, -0.1) is 0 Å². The zero-order valence-electron chi connectivity index (χ0n) is 15.8. The molecular weight excluding hydrogens is 342 g/mol. The minimum Gasteiger partial charge on any atom is -0.494 e. The number of benzene rings is 1. The predicted molar refractivity (Wildman–Crippen MR) is 104 cm³/mol. The standard InChI is InChI=1S/C21H25N3O3/c1-3-27-18-6-4-17(5-7-18)23-20(25)19-14-16(8-11-22-19)21(26)24-12-9-15(2)10-13-24/h4-8,11,14-15H,3,9-10,12-13H2,1-2H3,(H,23,25). The maximum Gasteiger partial charge on any atom is 0.274 e. The van der Waals surface area contributed by atoms with Gasteiger partial charge in [-0.3, -0.25) is 14.6 Å². The third-order valence-electron chi connectivity index (χ3n) is 4.73. The van der Waals surface area contributed by atoms with Crippen molar-refractivity contribution in [2.45, 2.75) is 26.7 Å². The molecule has 1 fully saturated rings. The van der Waals surface area contributed by atoms with Gasteiger partial charge in [0.1, 0.15) is 11.4 Å². The molecule has 0 spiro atoms. The van der Waals surface area contributed by atoms with Gasteiger partial charge in [-0.2, -0.15) is 0 Å². The summed E-state index contributed by atoms with van der Waals surface area (Å²) in [5.41, 5.74) is 1.36. The molecule has 2 aromatic rings. The number of anilines is 1. The van der Waals surface area contributed by atoms with Crippen molar-refractivity contribution in [2.75, 3.05) is 25.0 Å². The highest BCUT2D eigenvalue weighted by Gasteiger charge is 2.22. The Morgan fingerprint density at radius 2 is 1.89 bits per heavy atom. The smallest absolute Gasteiger partial charge is 0.274 e. The zero-order valence-corrected chi connectivity index (χ0v) is 15.8. The van der Waals surface area contributed by atoms with Gasteiger partial charge in [0.2, 0.25) is 0 Å². The Morgan fingerprint density at radius 1 is 1.19 bits per heavy atom. The maximum absolute atomic E-state index is 12.7. The fourth-order valence-electron chi connectivity index (χ4n) is 3.08. The number of carbonyl (C=O) groups is 2. The average molecular weight is 367 g/mol. The van der Waals surface area contributed by atoms with Gasteiger partial charge in [-0.05, 0) is 62.1 Å². The van der Waals surface area contributed by atoms with Crippen LogP contribution in [0.15, 0.2) is 42.6 Å². The van der Waals surface area contributed by atoms with Crippen LogP contribution in [0.2, 0.25) is 0 Å². The zero-order chi connectivity index (χ0) is 19.2. The molecule has 1 aliphatic heterocycles. The Morgan fingerprint density at radius 3 is 2.56 bits per heavy atom. The number of likely N-dealkylation sites (tertiary alicyclic amines) is 1. The molecule has 0 saturated carbocycles. The van der Waals surface area contributed by atoms with Crippen LogP contribution in [0.5, 0.6) is 5.75 Å². The molecule has 0 bridgehead atoms. The Kier molecular flexibility index (Phi) is 6.06. The van der Waals surface area contributed by atoms with Crippen molar-refractivity contribution in [3.63, 3.8) is 0 Å². The fraction of sp³-hybridized carbons (Fsp3) is 0.381. The minimum absolute atomic E-state index is 0.0422. The van der Waals surface area contributed by atoms with E-state index in [1.165, 1.54) is 6.20 Å². The van der Waals surface area contributed by atoms with E-state index in [0.717, 1.165) is 31.7 Å². The van der Waals surface area contributed by atoms with Gasteiger partial charge in [0.05, 0.1) is 6.61 Å². The number of amides is 2. The highest BCUT2D eigenvalue weighted by molar-refractivity contribution is 6.04. The molecule has 0 atom stereocenters. The van der Waals surface area contributed by atoms with E-state index in [2.05, 4.69) is 17.2 Å². The molecule has 1 aromatic carbocycles. The van der Waals surface area contributed by atoms with Crippen LogP contribution in [-0.2, 0) is 0 Å². The third kappa shape index (κ3) is 4.84. The van der Waals surface area contributed by atoms with Crippen molar-refractivity contribution in [3.05, 3.63) is 53.9 Å². The molecule has 142 valence electrons. The van der Waals surface area contributed by atoms with Crippen molar-refractivity contribution < 1.29 is 14.3 Å². The second kappa shape index (κ2) is 8.66. The van der Waals surface area contributed by atoms with Gasteiger partial charge < -0.3 is 15.0 Å². The molecule has 0 aliphatic carbocycles. The number of hydrogen-bond donors (Lipinski definition) is 1. The molecule has 1 saturated heterocycles. The summed E-state index contributed by atoms with van der Waals surface area (Å²) in [5.74, 6) is 1.01. The van der Waals surface area contributed by atoms with Gasteiger partial charge in [-0.1, -0.05) is 6.92 Å². The average Bonchev–Trinajstić information content (AvgIpc) is 2.70. The summed E-state index contributed by atoms with van der Waals surface area (Å²) in [6.45, 7) is 6.23. The summed E-state index contributed by atoms with van der Waals surface area (Å²) in [6, 6.07) is 10.4. The van der Waals surface area contributed by atoms with Gasteiger partial charge in [0, 0.05) is 30.5 Å². The van der Waals surface area contributed by atoms with E-state index in [4.69, 9.17) is 4.74 Å². The van der Waals surface area contributed by atoms with Crippen LogP contribution in [0.3, 0.4) is 0 Å². The number of hydrogen-bond acceptors (Lipinski definition) is 4. The summed E-state index contributed by atoms with van der Waals surface area (Å²) < 4.78 is 5.39. The summed E-state index contributed by atoms with van der Waals surface area (Å²) >= 11 is 0. The van der Waals surface area contributed by atoms with E-state index in [9.17, 15) is 9.59 Å². The molecule has 0 unspecified atom stereocenters. The van der Waals surface area contributed by atoms with E-state index in [1.54, 1.807) is 36.4 Å². The van der Waals surface area contributed by atoms with E-state index in [1.807, 2.05) is 11.8 Å². The number of ether oxygens (including phenoxy) is 1.